The van der Waals surface area contributed by atoms with Crippen LogP contribution < -0.4 is 0 Å². The number of rotatable bonds is 2. The highest BCUT2D eigenvalue weighted by atomic mass is 16.4. The highest BCUT2D eigenvalue weighted by molar-refractivity contribution is 5.80. The molecule has 0 aromatic heterocycles. The first-order chi connectivity index (χ1) is 10.1. The van der Waals surface area contributed by atoms with Gasteiger partial charge in [0.15, 0.2) is 0 Å². The molecule has 21 heavy (non-hydrogen) atoms. The van der Waals surface area contributed by atoms with Gasteiger partial charge >= 0.3 is 5.97 Å². The summed E-state index contributed by atoms with van der Waals surface area (Å²) < 4.78 is 0. The number of nitrogens with zero attached hydrogens (tertiary/aromatic N) is 2. The van der Waals surface area contributed by atoms with Crippen molar-refractivity contribution in [2.45, 2.75) is 51.0 Å². The van der Waals surface area contributed by atoms with Crippen LogP contribution in [0.1, 0.15) is 44.9 Å². The lowest BCUT2D eigenvalue weighted by atomic mass is 9.80. The van der Waals surface area contributed by atoms with Crippen LogP contribution in [0.25, 0.3) is 0 Å². The predicted molar refractivity (Wildman–Crippen MR) is 78.9 cm³/mol. The van der Waals surface area contributed by atoms with Crippen molar-refractivity contribution in [2.75, 3.05) is 26.2 Å². The number of carboxylic acids is 1. The van der Waals surface area contributed by atoms with E-state index in [9.17, 15) is 14.7 Å². The summed E-state index contributed by atoms with van der Waals surface area (Å²) in [6.07, 6.45) is 6.77. The van der Waals surface area contributed by atoms with E-state index in [1.54, 1.807) is 0 Å². The minimum atomic E-state index is -0.732. The smallest absolute Gasteiger partial charge is 0.306 e. The third-order valence-corrected chi connectivity index (χ3v) is 5.52. The van der Waals surface area contributed by atoms with Crippen molar-refractivity contribution in [2.24, 2.45) is 11.8 Å². The summed E-state index contributed by atoms with van der Waals surface area (Å²) in [5.74, 6) is -0.894. The maximum absolute atomic E-state index is 12.7. The van der Waals surface area contributed by atoms with Gasteiger partial charge in [-0.2, -0.15) is 0 Å². The maximum atomic E-state index is 12.7. The standard InChI is InChI=1S/C16H26N2O3/c19-15(12-4-3-5-13(10-12)16(20)21)18-9-8-17-7-2-1-6-14(17)11-18/h12-14H,1-11H2,(H,20,21). The highest BCUT2D eigenvalue weighted by Gasteiger charge is 2.36. The monoisotopic (exact) mass is 294 g/mol. The van der Waals surface area contributed by atoms with E-state index in [0.717, 1.165) is 38.9 Å². The Labute approximate surface area is 126 Å². The topological polar surface area (TPSA) is 60.9 Å². The molecule has 1 aliphatic carbocycles. The number of piperidine rings is 1. The molecule has 3 rings (SSSR count). The molecule has 0 radical (unpaired) electrons. The second-order valence-corrected chi connectivity index (χ2v) is 6.87. The summed E-state index contributed by atoms with van der Waals surface area (Å²) in [4.78, 5) is 28.4. The van der Waals surface area contributed by atoms with E-state index in [-0.39, 0.29) is 17.7 Å². The van der Waals surface area contributed by atoms with Crippen LogP contribution in [-0.2, 0) is 9.59 Å². The number of carboxylic acid groups (broad SMARTS) is 1. The van der Waals surface area contributed by atoms with Gasteiger partial charge in [-0.25, -0.2) is 0 Å². The number of fused-ring (bicyclic) bond motifs is 1. The van der Waals surface area contributed by atoms with Gasteiger partial charge in [0.05, 0.1) is 5.92 Å². The largest absolute Gasteiger partial charge is 0.481 e. The van der Waals surface area contributed by atoms with Gasteiger partial charge in [-0.3, -0.25) is 14.5 Å². The van der Waals surface area contributed by atoms with Gasteiger partial charge in [-0.1, -0.05) is 12.8 Å². The molecule has 3 unspecified atom stereocenters. The normalized spacial score (nSPS) is 34.3. The van der Waals surface area contributed by atoms with Crippen LogP contribution in [0.15, 0.2) is 0 Å². The molecule has 0 spiro atoms. The molecule has 5 nitrogen and oxygen atoms in total. The van der Waals surface area contributed by atoms with E-state index < -0.39 is 5.97 Å². The number of amides is 1. The minimum Gasteiger partial charge on any atom is -0.481 e. The average Bonchev–Trinajstić information content (AvgIpc) is 2.53. The van der Waals surface area contributed by atoms with Gasteiger partial charge in [0.2, 0.25) is 5.91 Å². The molecule has 2 aliphatic heterocycles. The molecule has 0 bridgehead atoms. The number of carbonyl (C=O) groups is 2. The van der Waals surface area contributed by atoms with Crippen molar-refractivity contribution in [1.29, 1.82) is 0 Å². The van der Waals surface area contributed by atoms with Gasteiger partial charge in [0.25, 0.3) is 0 Å². The Hall–Kier alpha value is -1.10. The fourth-order valence-corrected chi connectivity index (χ4v) is 4.25. The van der Waals surface area contributed by atoms with Crippen molar-refractivity contribution < 1.29 is 14.7 Å². The molecule has 0 aromatic carbocycles. The van der Waals surface area contributed by atoms with Gasteiger partial charge in [-0.05, 0) is 38.6 Å². The second-order valence-electron chi connectivity index (χ2n) is 6.87. The molecular formula is C16H26N2O3. The molecule has 3 atom stereocenters. The van der Waals surface area contributed by atoms with Crippen LogP contribution >= 0.6 is 0 Å². The molecule has 5 heteroatoms. The summed E-state index contributed by atoms with van der Waals surface area (Å²) in [6.45, 7) is 3.85. The van der Waals surface area contributed by atoms with E-state index in [0.29, 0.717) is 12.5 Å². The molecule has 118 valence electrons. The first kappa shape index (κ1) is 14.8. The third kappa shape index (κ3) is 3.23. The van der Waals surface area contributed by atoms with Crippen LogP contribution in [0.2, 0.25) is 0 Å². The molecule has 1 saturated carbocycles. The van der Waals surface area contributed by atoms with E-state index in [1.807, 2.05) is 4.90 Å². The molecular weight excluding hydrogens is 268 g/mol. The van der Waals surface area contributed by atoms with Crippen LogP contribution in [-0.4, -0.2) is 59.0 Å². The number of hydrogen-bond donors (Lipinski definition) is 1. The van der Waals surface area contributed by atoms with Crippen molar-refractivity contribution >= 4 is 11.9 Å². The van der Waals surface area contributed by atoms with Gasteiger partial charge < -0.3 is 10.0 Å². The lowest BCUT2D eigenvalue weighted by Gasteiger charge is -2.45. The minimum absolute atomic E-state index is 0.0602. The Bertz CT molecular complexity index is 412. The number of aliphatic carboxylic acids is 1. The van der Waals surface area contributed by atoms with Crippen LogP contribution in [0.4, 0.5) is 0 Å². The Kier molecular flexibility index (Phi) is 4.48. The number of hydrogen-bond acceptors (Lipinski definition) is 3. The Morgan fingerprint density at radius 1 is 0.905 bits per heavy atom. The zero-order valence-electron chi connectivity index (χ0n) is 12.7. The summed E-state index contributed by atoms with van der Waals surface area (Å²) in [5.41, 5.74) is 0. The SMILES string of the molecule is O=C(O)C1CCCC(C(=O)N2CCN3CCCCC3C2)C1. The maximum Gasteiger partial charge on any atom is 0.306 e. The zero-order chi connectivity index (χ0) is 14.8. The molecule has 2 heterocycles. The van der Waals surface area contributed by atoms with Gasteiger partial charge in [0.1, 0.15) is 0 Å². The molecule has 3 fully saturated rings. The zero-order valence-corrected chi connectivity index (χ0v) is 12.7. The molecule has 2 saturated heterocycles. The van der Waals surface area contributed by atoms with Gasteiger partial charge in [-0.15, -0.1) is 0 Å². The lowest BCUT2D eigenvalue weighted by Crippen LogP contribution is -2.57. The fourth-order valence-electron chi connectivity index (χ4n) is 4.25. The van der Waals surface area contributed by atoms with Crippen LogP contribution in [0.3, 0.4) is 0 Å². The lowest BCUT2D eigenvalue weighted by molar-refractivity contribution is -0.146. The molecule has 3 aliphatic rings. The summed E-state index contributed by atoms with van der Waals surface area (Å²) in [5, 5.41) is 9.17. The molecule has 1 amide bonds. The Balaban J connectivity index is 1.58. The first-order valence-corrected chi connectivity index (χ1v) is 8.41. The van der Waals surface area contributed by atoms with Crippen molar-refractivity contribution in [1.82, 2.24) is 9.80 Å². The van der Waals surface area contributed by atoms with Crippen molar-refractivity contribution in [3.8, 4) is 0 Å². The second kappa shape index (κ2) is 6.34. The summed E-state index contributed by atoms with van der Waals surface area (Å²) >= 11 is 0. The quantitative estimate of drug-likeness (QED) is 0.840. The fraction of sp³-hybridized carbons (Fsp3) is 0.875. The van der Waals surface area contributed by atoms with Crippen LogP contribution in [0, 0.1) is 11.8 Å². The van der Waals surface area contributed by atoms with Crippen LogP contribution in [0.5, 0.6) is 0 Å². The average molecular weight is 294 g/mol. The molecule has 0 aromatic rings. The van der Waals surface area contributed by atoms with E-state index in [2.05, 4.69) is 4.90 Å². The van der Waals surface area contributed by atoms with E-state index in [4.69, 9.17) is 0 Å². The Morgan fingerprint density at radius 2 is 1.71 bits per heavy atom. The summed E-state index contributed by atoms with van der Waals surface area (Å²) in [7, 11) is 0. The van der Waals surface area contributed by atoms with E-state index >= 15 is 0 Å². The third-order valence-electron chi connectivity index (χ3n) is 5.52. The van der Waals surface area contributed by atoms with Gasteiger partial charge in [0, 0.05) is 31.6 Å². The molecule has 1 N–H and O–H groups in total. The first-order valence-electron chi connectivity index (χ1n) is 8.41. The van der Waals surface area contributed by atoms with Crippen molar-refractivity contribution in [3.63, 3.8) is 0 Å². The Morgan fingerprint density at radius 3 is 2.52 bits per heavy atom. The predicted octanol–water partition coefficient (Wildman–Crippen LogP) is 1.57. The number of carbonyl (C=O) groups excluding carboxylic acids is 1. The van der Waals surface area contributed by atoms with E-state index in [1.165, 1.54) is 25.8 Å². The number of piperazine rings is 1. The summed E-state index contributed by atoms with van der Waals surface area (Å²) in [6, 6.07) is 0.537. The highest BCUT2D eigenvalue weighted by Crippen LogP contribution is 2.31. The van der Waals surface area contributed by atoms with Crippen molar-refractivity contribution in [3.05, 3.63) is 0 Å².